The van der Waals surface area contributed by atoms with Crippen LogP contribution in [0, 0.1) is 0 Å². The summed E-state index contributed by atoms with van der Waals surface area (Å²) in [5.74, 6) is 0.135. The van der Waals surface area contributed by atoms with Gasteiger partial charge in [0, 0.05) is 19.6 Å². The van der Waals surface area contributed by atoms with Gasteiger partial charge in [-0.15, -0.1) is 0 Å². The minimum absolute atomic E-state index is 0.135. The van der Waals surface area contributed by atoms with Crippen molar-refractivity contribution >= 4 is 9.84 Å². The number of hydrogen-bond donors (Lipinski definition) is 2. The number of nitrogens with one attached hydrogen (secondary N) is 1. The monoisotopic (exact) mass is 278 g/mol. The van der Waals surface area contributed by atoms with Gasteiger partial charge in [-0.25, -0.2) is 8.42 Å². The number of sulfone groups is 1. The van der Waals surface area contributed by atoms with Crippen LogP contribution < -0.4 is 5.32 Å². The lowest BCUT2D eigenvalue weighted by Gasteiger charge is -2.28. The minimum Gasteiger partial charge on any atom is -0.387 e. The summed E-state index contributed by atoms with van der Waals surface area (Å²) in [4.78, 5) is 1.90. The second-order valence-corrected chi connectivity index (χ2v) is 9.18. The lowest BCUT2D eigenvalue weighted by Crippen LogP contribution is -2.45. The largest absolute Gasteiger partial charge is 0.387 e. The van der Waals surface area contributed by atoms with Crippen molar-refractivity contribution in [3.63, 3.8) is 0 Å². The second kappa shape index (κ2) is 5.45. The molecule has 1 saturated heterocycles. The molecule has 1 heterocycles. The van der Waals surface area contributed by atoms with Gasteiger partial charge in [-0.1, -0.05) is 0 Å². The number of rotatable bonds is 5. The van der Waals surface area contributed by atoms with E-state index in [9.17, 15) is 13.5 Å². The molecule has 108 valence electrons. The van der Waals surface area contributed by atoms with Crippen LogP contribution in [0.3, 0.4) is 0 Å². The van der Waals surface area contributed by atoms with Crippen molar-refractivity contribution < 1.29 is 13.5 Å². The molecule has 1 rings (SSSR count). The first-order valence-electron chi connectivity index (χ1n) is 6.40. The van der Waals surface area contributed by atoms with Gasteiger partial charge >= 0.3 is 0 Å². The molecule has 0 bridgehead atoms. The lowest BCUT2D eigenvalue weighted by molar-refractivity contribution is 0.0299. The molecule has 1 aliphatic rings. The van der Waals surface area contributed by atoms with Gasteiger partial charge in [0.05, 0.1) is 16.1 Å². The molecule has 0 aromatic rings. The summed E-state index contributed by atoms with van der Waals surface area (Å²) in [7, 11) is -1.23. The van der Waals surface area contributed by atoms with Gasteiger partial charge in [-0.3, -0.25) is 0 Å². The third-order valence-corrected chi connectivity index (χ3v) is 6.05. The van der Waals surface area contributed by atoms with E-state index in [-0.39, 0.29) is 5.75 Å². The third-order valence-electron chi connectivity index (χ3n) is 3.46. The fourth-order valence-electron chi connectivity index (χ4n) is 2.03. The van der Waals surface area contributed by atoms with E-state index in [2.05, 4.69) is 5.32 Å². The van der Waals surface area contributed by atoms with E-state index < -0.39 is 20.2 Å². The molecule has 2 N–H and O–H groups in total. The maximum atomic E-state index is 12.0. The SMILES string of the molecule is CN(CCS(=O)(=O)C(C)(C)C)CC1(O)CCNC1. The van der Waals surface area contributed by atoms with Crippen molar-refractivity contribution in [3.8, 4) is 0 Å². The average molecular weight is 278 g/mol. The summed E-state index contributed by atoms with van der Waals surface area (Å²) in [6.07, 6.45) is 0.726. The Morgan fingerprint density at radius 2 is 2.00 bits per heavy atom. The first-order chi connectivity index (χ1) is 8.06. The fraction of sp³-hybridized carbons (Fsp3) is 1.00. The molecule has 0 radical (unpaired) electrons. The standard InChI is InChI=1S/C12H26N2O3S/c1-11(2,3)18(16,17)8-7-14(4)10-12(15)5-6-13-9-12/h13,15H,5-10H2,1-4H3. The van der Waals surface area contributed by atoms with Gasteiger partial charge in [0.25, 0.3) is 0 Å². The van der Waals surface area contributed by atoms with Crippen molar-refractivity contribution in [3.05, 3.63) is 0 Å². The highest BCUT2D eigenvalue weighted by atomic mass is 32.2. The number of aliphatic hydroxyl groups is 1. The Hall–Kier alpha value is -0.170. The zero-order chi connectivity index (χ0) is 14.0. The Bertz CT molecular complexity index is 367. The maximum Gasteiger partial charge on any atom is 0.156 e. The maximum absolute atomic E-state index is 12.0. The van der Waals surface area contributed by atoms with Crippen LogP contribution in [0.15, 0.2) is 0 Å². The third kappa shape index (κ3) is 4.19. The first-order valence-corrected chi connectivity index (χ1v) is 8.05. The minimum atomic E-state index is -3.09. The Morgan fingerprint density at radius 3 is 2.44 bits per heavy atom. The molecule has 0 aromatic carbocycles. The second-order valence-electron chi connectivity index (χ2n) is 6.32. The van der Waals surface area contributed by atoms with E-state index in [4.69, 9.17) is 0 Å². The van der Waals surface area contributed by atoms with E-state index in [1.807, 2.05) is 11.9 Å². The smallest absolute Gasteiger partial charge is 0.156 e. The first kappa shape index (κ1) is 15.9. The van der Waals surface area contributed by atoms with Gasteiger partial charge in [0.1, 0.15) is 0 Å². The molecule has 0 aromatic heterocycles. The highest BCUT2D eigenvalue weighted by Crippen LogP contribution is 2.18. The number of likely N-dealkylation sites (N-methyl/N-ethyl adjacent to an activating group) is 1. The van der Waals surface area contributed by atoms with Crippen molar-refractivity contribution in [2.45, 2.75) is 37.5 Å². The topological polar surface area (TPSA) is 69.6 Å². The fourth-order valence-corrected chi connectivity index (χ4v) is 3.19. The number of β-amino-alcohol motifs (C(OH)–C–C–N with tert-alkyl or cyclic N) is 1. The molecule has 1 fully saturated rings. The Labute approximate surface area is 110 Å². The zero-order valence-electron chi connectivity index (χ0n) is 11.9. The molecule has 0 spiro atoms. The summed E-state index contributed by atoms with van der Waals surface area (Å²) in [6.45, 7) is 7.54. The van der Waals surface area contributed by atoms with Gasteiger partial charge in [-0.05, 0) is 40.8 Å². The van der Waals surface area contributed by atoms with Crippen molar-refractivity contribution in [2.75, 3.05) is 39.0 Å². The Morgan fingerprint density at radius 1 is 1.39 bits per heavy atom. The predicted octanol–water partition coefficient (Wildman–Crippen LogP) is -0.144. The summed E-state index contributed by atoms with van der Waals surface area (Å²) < 4.78 is 23.2. The van der Waals surface area contributed by atoms with Crippen LogP contribution in [0.2, 0.25) is 0 Å². The van der Waals surface area contributed by atoms with E-state index >= 15 is 0 Å². The van der Waals surface area contributed by atoms with Crippen LogP contribution in [0.1, 0.15) is 27.2 Å². The average Bonchev–Trinajstić information content (AvgIpc) is 2.60. The van der Waals surface area contributed by atoms with Crippen LogP contribution in [0.4, 0.5) is 0 Å². The molecule has 0 saturated carbocycles. The molecule has 1 atom stereocenters. The van der Waals surface area contributed by atoms with E-state index in [1.165, 1.54) is 0 Å². The molecule has 5 nitrogen and oxygen atoms in total. The van der Waals surface area contributed by atoms with E-state index in [1.54, 1.807) is 20.8 Å². The van der Waals surface area contributed by atoms with Gasteiger partial charge in [-0.2, -0.15) is 0 Å². The summed E-state index contributed by atoms with van der Waals surface area (Å²) in [5.41, 5.74) is -0.708. The highest BCUT2D eigenvalue weighted by Gasteiger charge is 2.33. The van der Waals surface area contributed by atoms with Crippen LogP contribution in [0.25, 0.3) is 0 Å². The van der Waals surface area contributed by atoms with Crippen molar-refractivity contribution in [1.29, 1.82) is 0 Å². The van der Waals surface area contributed by atoms with Crippen LogP contribution in [0.5, 0.6) is 0 Å². The molecule has 0 aliphatic carbocycles. The molecular weight excluding hydrogens is 252 g/mol. The molecule has 0 amide bonds. The highest BCUT2D eigenvalue weighted by molar-refractivity contribution is 7.92. The van der Waals surface area contributed by atoms with Crippen molar-refractivity contribution in [2.24, 2.45) is 0 Å². The molecule has 1 aliphatic heterocycles. The zero-order valence-corrected chi connectivity index (χ0v) is 12.7. The van der Waals surface area contributed by atoms with E-state index in [0.29, 0.717) is 19.6 Å². The summed E-state index contributed by atoms with van der Waals surface area (Å²) in [6, 6.07) is 0. The van der Waals surface area contributed by atoms with Crippen molar-refractivity contribution in [1.82, 2.24) is 10.2 Å². The Balaban J connectivity index is 2.44. The van der Waals surface area contributed by atoms with Crippen LogP contribution >= 0.6 is 0 Å². The Kier molecular flexibility index (Phi) is 4.81. The number of hydrogen-bond acceptors (Lipinski definition) is 5. The van der Waals surface area contributed by atoms with Gasteiger partial charge in [0.15, 0.2) is 9.84 Å². The quantitative estimate of drug-likeness (QED) is 0.732. The normalized spacial score (nSPS) is 25.9. The predicted molar refractivity (Wildman–Crippen MR) is 73.5 cm³/mol. The molecular formula is C12H26N2O3S. The number of nitrogens with zero attached hydrogens (tertiary/aromatic N) is 1. The van der Waals surface area contributed by atoms with Crippen LogP contribution in [-0.4, -0.2) is 67.8 Å². The molecule has 18 heavy (non-hydrogen) atoms. The van der Waals surface area contributed by atoms with Crippen LogP contribution in [-0.2, 0) is 9.84 Å². The lowest BCUT2D eigenvalue weighted by atomic mass is 10.0. The summed E-state index contributed by atoms with van der Waals surface area (Å²) in [5, 5.41) is 13.3. The molecule has 6 heteroatoms. The van der Waals surface area contributed by atoms with E-state index in [0.717, 1.165) is 13.0 Å². The van der Waals surface area contributed by atoms with Gasteiger partial charge in [0.2, 0.25) is 0 Å². The molecule has 1 unspecified atom stereocenters. The van der Waals surface area contributed by atoms with Gasteiger partial charge < -0.3 is 15.3 Å². The summed E-state index contributed by atoms with van der Waals surface area (Å²) >= 11 is 0.